The number of rotatable bonds is 4. The Kier molecular flexibility index (Phi) is 4.63. The minimum absolute atomic E-state index is 0.0994. The molecule has 0 amide bonds. The van der Waals surface area contributed by atoms with E-state index in [-0.39, 0.29) is 10.5 Å². The van der Waals surface area contributed by atoms with Crippen LogP contribution in [0.4, 0.5) is 0 Å². The van der Waals surface area contributed by atoms with Crippen LogP contribution in [0.2, 0.25) is 0 Å². The highest BCUT2D eigenvalue weighted by Crippen LogP contribution is 2.15. The maximum absolute atomic E-state index is 11.5. The van der Waals surface area contributed by atoms with Crippen molar-refractivity contribution in [1.29, 1.82) is 0 Å². The van der Waals surface area contributed by atoms with Crippen LogP contribution >= 0.6 is 10.7 Å². The van der Waals surface area contributed by atoms with E-state index in [4.69, 9.17) is 10.7 Å². The maximum Gasteiger partial charge on any atom is 0.330 e. The summed E-state index contributed by atoms with van der Waals surface area (Å²) in [5, 5.41) is 0. The predicted molar refractivity (Wildman–Crippen MR) is 65.0 cm³/mol. The number of hydrogen-bond donors (Lipinski definition) is 0. The summed E-state index contributed by atoms with van der Waals surface area (Å²) in [4.78, 5) is 22.2. The van der Waals surface area contributed by atoms with Crippen molar-refractivity contribution in [3.8, 4) is 0 Å². The van der Waals surface area contributed by atoms with Gasteiger partial charge in [0.2, 0.25) is 0 Å². The highest BCUT2D eigenvalue weighted by Gasteiger charge is 2.10. The van der Waals surface area contributed by atoms with Crippen LogP contribution in [-0.2, 0) is 18.6 Å². The summed E-state index contributed by atoms with van der Waals surface area (Å²) in [5.41, 5.74) is 0.235. The van der Waals surface area contributed by atoms with Crippen LogP contribution in [0.1, 0.15) is 10.4 Å². The van der Waals surface area contributed by atoms with E-state index < -0.39 is 20.8 Å². The molecule has 0 bridgehead atoms. The van der Waals surface area contributed by atoms with Gasteiger partial charge in [0.1, 0.15) is 0 Å². The lowest BCUT2D eigenvalue weighted by atomic mass is 10.1. The molecule has 7 heteroatoms. The van der Waals surface area contributed by atoms with Crippen molar-refractivity contribution in [2.75, 3.05) is 7.11 Å². The van der Waals surface area contributed by atoms with Crippen LogP contribution in [0.25, 0.3) is 0 Å². The van der Waals surface area contributed by atoms with E-state index in [2.05, 4.69) is 4.74 Å². The average Bonchev–Trinajstić information content (AvgIpc) is 2.34. The minimum atomic E-state index is -3.81. The van der Waals surface area contributed by atoms with Crippen LogP contribution in [0.15, 0.2) is 41.3 Å². The Morgan fingerprint density at radius 2 is 1.72 bits per heavy atom. The molecule has 0 spiro atoms. The van der Waals surface area contributed by atoms with Crippen LogP contribution in [0, 0.1) is 0 Å². The van der Waals surface area contributed by atoms with Gasteiger partial charge in [-0.2, -0.15) is 0 Å². The zero-order chi connectivity index (χ0) is 13.8. The number of ether oxygens (including phenoxy) is 1. The third kappa shape index (κ3) is 3.97. The molecule has 1 aromatic rings. The van der Waals surface area contributed by atoms with Crippen molar-refractivity contribution >= 4 is 31.5 Å². The molecule has 0 fully saturated rings. The Morgan fingerprint density at radius 1 is 1.17 bits per heavy atom. The molecular formula is C11H9ClO5S. The second kappa shape index (κ2) is 5.79. The summed E-state index contributed by atoms with van der Waals surface area (Å²) < 4.78 is 26.3. The third-order valence-corrected chi connectivity index (χ3v) is 3.36. The molecule has 1 aromatic carbocycles. The van der Waals surface area contributed by atoms with Gasteiger partial charge < -0.3 is 4.74 Å². The first-order chi connectivity index (χ1) is 8.34. The molecule has 0 aliphatic heterocycles. The largest absolute Gasteiger partial charge is 0.466 e. The van der Waals surface area contributed by atoms with Gasteiger partial charge in [-0.15, -0.1) is 0 Å². The van der Waals surface area contributed by atoms with Crippen molar-refractivity contribution in [1.82, 2.24) is 0 Å². The van der Waals surface area contributed by atoms with Crippen LogP contribution in [-0.4, -0.2) is 27.3 Å². The molecule has 0 radical (unpaired) electrons. The molecule has 0 unspecified atom stereocenters. The molecule has 0 aromatic heterocycles. The second-order valence-electron chi connectivity index (χ2n) is 3.18. The van der Waals surface area contributed by atoms with Gasteiger partial charge in [0.05, 0.1) is 12.0 Å². The van der Waals surface area contributed by atoms with E-state index in [1.807, 2.05) is 0 Å². The summed E-state index contributed by atoms with van der Waals surface area (Å²) in [6, 6.07) is 5.03. The average molecular weight is 289 g/mol. The smallest absolute Gasteiger partial charge is 0.330 e. The van der Waals surface area contributed by atoms with Gasteiger partial charge in [-0.25, -0.2) is 13.2 Å². The van der Waals surface area contributed by atoms with Crippen molar-refractivity contribution in [2.45, 2.75) is 4.90 Å². The van der Waals surface area contributed by atoms with Gasteiger partial charge >= 0.3 is 5.97 Å². The number of esters is 1. The molecule has 0 aliphatic rings. The molecule has 18 heavy (non-hydrogen) atoms. The van der Waals surface area contributed by atoms with E-state index in [1.165, 1.54) is 31.4 Å². The number of carbonyl (C=O) groups excluding carboxylic acids is 2. The fourth-order valence-corrected chi connectivity index (χ4v) is 1.86. The van der Waals surface area contributed by atoms with Crippen molar-refractivity contribution < 1.29 is 22.7 Å². The first-order valence-electron chi connectivity index (χ1n) is 4.69. The lowest BCUT2D eigenvalue weighted by molar-refractivity contribution is -0.134. The molecule has 1 rings (SSSR count). The highest BCUT2D eigenvalue weighted by atomic mass is 35.7. The Labute approximate surface area is 108 Å². The number of halogens is 1. The normalized spacial score (nSPS) is 11.4. The van der Waals surface area contributed by atoms with E-state index in [0.29, 0.717) is 0 Å². The zero-order valence-corrected chi connectivity index (χ0v) is 10.9. The molecule has 0 aliphatic carbocycles. The van der Waals surface area contributed by atoms with Crippen LogP contribution in [0.5, 0.6) is 0 Å². The SMILES string of the molecule is COC(=O)/C=C/C(=O)c1ccc(S(=O)(=O)Cl)cc1. The maximum atomic E-state index is 11.5. The first kappa shape index (κ1) is 14.4. The molecule has 96 valence electrons. The van der Waals surface area contributed by atoms with Gasteiger partial charge in [0, 0.05) is 22.3 Å². The zero-order valence-electron chi connectivity index (χ0n) is 9.29. The summed E-state index contributed by atoms with van der Waals surface area (Å²) in [5.74, 6) is -1.10. The number of hydrogen-bond acceptors (Lipinski definition) is 5. The topological polar surface area (TPSA) is 77.5 Å². The van der Waals surface area contributed by atoms with E-state index >= 15 is 0 Å². The summed E-state index contributed by atoms with van der Waals surface area (Å²) in [7, 11) is 2.51. The standard InChI is InChI=1S/C11H9ClO5S/c1-17-11(14)7-6-10(13)8-2-4-9(5-3-8)18(12,15)16/h2-7H,1H3/b7-6+. The van der Waals surface area contributed by atoms with Crippen LogP contribution in [0.3, 0.4) is 0 Å². The molecule has 0 heterocycles. The lowest BCUT2D eigenvalue weighted by Gasteiger charge is -1.98. The summed E-state index contributed by atoms with van der Waals surface area (Å²) >= 11 is 0. The first-order valence-corrected chi connectivity index (χ1v) is 7.00. The lowest BCUT2D eigenvalue weighted by Crippen LogP contribution is -1.99. The van der Waals surface area contributed by atoms with Gasteiger partial charge in [0.25, 0.3) is 9.05 Å². The van der Waals surface area contributed by atoms with E-state index in [1.54, 1.807) is 0 Å². The van der Waals surface area contributed by atoms with Gasteiger partial charge in [-0.05, 0) is 30.3 Å². The van der Waals surface area contributed by atoms with Gasteiger partial charge in [0.15, 0.2) is 5.78 Å². The Hall–Kier alpha value is -1.66. The fourth-order valence-electron chi connectivity index (χ4n) is 1.09. The number of ketones is 1. The monoisotopic (exact) mass is 288 g/mol. The second-order valence-corrected chi connectivity index (χ2v) is 5.75. The number of carbonyl (C=O) groups is 2. The van der Waals surface area contributed by atoms with Crippen molar-refractivity contribution in [2.24, 2.45) is 0 Å². The molecule has 0 saturated heterocycles. The van der Waals surface area contributed by atoms with E-state index in [9.17, 15) is 18.0 Å². The highest BCUT2D eigenvalue weighted by molar-refractivity contribution is 8.13. The quantitative estimate of drug-likeness (QED) is 0.363. The van der Waals surface area contributed by atoms with Crippen molar-refractivity contribution in [3.05, 3.63) is 42.0 Å². The molecule has 0 N–H and O–H groups in total. The third-order valence-electron chi connectivity index (χ3n) is 1.99. The Balaban J connectivity index is 2.90. The molecule has 0 atom stereocenters. The van der Waals surface area contributed by atoms with Crippen LogP contribution < -0.4 is 0 Å². The molecule has 5 nitrogen and oxygen atoms in total. The van der Waals surface area contributed by atoms with E-state index in [0.717, 1.165) is 12.2 Å². The summed E-state index contributed by atoms with van der Waals surface area (Å²) in [6.07, 6.45) is 2.02. The fraction of sp³-hybridized carbons (Fsp3) is 0.0909. The minimum Gasteiger partial charge on any atom is -0.466 e. The Morgan fingerprint density at radius 3 is 2.17 bits per heavy atom. The van der Waals surface area contributed by atoms with Gasteiger partial charge in [-0.3, -0.25) is 4.79 Å². The number of allylic oxidation sites excluding steroid dienone is 1. The summed E-state index contributed by atoms with van der Waals surface area (Å²) in [6.45, 7) is 0. The van der Waals surface area contributed by atoms with Gasteiger partial charge in [-0.1, -0.05) is 0 Å². The molecular weight excluding hydrogens is 280 g/mol. The molecule has 0 saturated carbocycles. The number of benzene rings is 1. The Bertz CT molecular complexity index is 586. The van der Waals surface area contributed by atoms with Crippen molar-refractivity contribution in [3.63, 3.8) is 0 Å². The predicted octanol–water partition coefficient (Wildman–Crippen LogP) is 1.53. The number of methoxy groups -OCH3 is 1.